The van der Waals surface area contributed by atoms with E-state index in [4.69, 9.17) is 0 Å². The van der Waals surface area contributed by atoms with Crippen molar-refractivity contribution in [3.8, 4) is 0 Å². The van der Waals surface area contributed by atoms with Crippen molar-refractivity contribution in [2.24, 2.45) is 11.3 Å². The molecular formula is C23H42N4O. The molecule has 2 unspecified atom stereocenters. The van der Waals surface area contributed by atoms with E-state index in [-0.39, 0.29) is 0 Å². The summed E-state index contributed by atoms with van der Waals surface area (Å²) >= 11 is 0. The van der Waals surface area contributed by atoms with Gasteiger partial charge in [-0.3, -0.25) is 14.6 Å². The molecule has 1 aliphatic carbocycles. The average molecular weight is 391 g/mol. The molecule has 1 saturated carbocycles. The first kappa shape index (κ1) is 20.6. The van der Waals surface area contributed by atoms with Crippen LogP contribution in [0.15, 0.2) is 0 Å². The standard InChI is InChI=1S/C23H42N4O/c1-18(2)24-11-12-25(13-20-5-6-20)21(14-24)15-27-17-23(8-7-22(27)28)9-10-26(16-23)19(3)4/h18-21H,5-17H2,1-4H3. The van der Waals surface area contributed by atoms with E-state index >= 15 is 0 Å². The highest BCUT2D eigenvalue weighted by Crippen LogP contribution is 2.40. The summed E-state index contributed by atoms with van der Waals surface area (Å²) in [6.07, 6.45) is 5.95. The average Bonchev–Trinajstić information content (AvgIpc) is 3.37. The summed E-state index contributed by atoms with van der Waals surface area (Å²) in [5.74, 6) is 1.33. The number of carbonyl (C=O) groups excluding carboxylic acids is 1. The van der Waals surface area contributed by atoms with Gasteiger partial charge in [0.2, 0.25) is 5.91 Å². The van der Waals surface area contributed by atoms with Gasteiger partial charge in [-0.1, -0.05) is 0 Å². The van der Waals surface area contributed by atoms with Crippen LogP contribution in [0.25, 0.3) is 0 Å². The third-order valence-corrected chi connectivity index (χ3v) is 7.93. The number of likely N-dealkylation sites (tertiary alicyclic amines) is 2. The maximum Gasteiger partial charge on any atom is 0.222 e. The van der Waals surface area contributed by atoms with Crippen LogP contribution in [-0.2, 0) is 4.79 Å². The zero-order valence-electron chi connectivity index (χ0n) is 18.7. The highest BCUT2D eigenvalue weighted by atomic mass is 16.2. The van der Waals surface area contributed by atoms with Crippen LogP contribution in [0.1, 0.15) is 59.8 Å². The molecule has 5 nitrogen and oxygen atoms in total. The van der Waals surface area contributed by atoms with Gasteiger partial charge in [-0.2, -0.15) is 0 Å². The van der Waals surface area contributed by atoms with E-state index in [2.05, 4.69) is 47.3 Å². The maximum atomic E-state index is 12.9. The lowest BCUT2D eigenvalue weighted by atomic mass is 9.78. The predicted octanol–water partition coefficient (Wildman–Crippen LogP) is 2.51. The molecule has 3 heterocycles. The second-order valence-electron chi connectivity index (χ2n) is 10.8. The molecule has 4 fully saturated rings. The molecule has 0 aromatic carbocycles. The largest absolute Gasteiger partial charge is 0.340 e. The molecule has 1 spiro atoms. The third kappa shape index (κ3) is 4.57. The van der Waals surface area contributed by atoms with Gasteiger partial charge in [0.25, 0.3) is 0 Å². The second kappa shape index (κ2) is 8.23. The van der Waals surface area contributed by atoms with Gasteiger partial charge in [0.05, 0.1) is 0 Å². The maximum absolute atomic E-state index is 12.9. The minimum absolute atomic E-state index is 0.353. The van der Waals surface area contributed by atoms with E-state index in [0.29, 0.717) is 29.4 Å². The minimum Gasteiger partial charge on any atom is -0.340 e. The molecule has 0 radical (unpaired) electrons. The lowest BCUT2D eigenvalue weighted by Gasteiger charge is -2.47. The molecule has 160 valence electrons. The first-order chi connectivity index (χ1) is 13.3. The third-order valence-electron chi connectivity index (χ3n) is 7.93. The molecule has 0 aromatic rings. The van der Waals surface area contributed by atoms with Crippen LogP contribution >= 0.6 is 0 Å². The van der Waals surface area contributed by atoms with Gasteiger partial charge >= 0.3 is 0 Å². The normalized spacial score (nSPS) is 33.7. The van der Waals surface area contributed by atoms with Crippen LogP contribution in [0.2, 0.25) is 0 Å². The molecule has 5 heteroatoms. The number of rotatable bonds is 6. The SMILES string of the molecule is CC(C)N1CCN(CC2CC2)C(CN2CC3(CCC2=O)CCN(C(C)C)C3)C1. The van der Waals surface area contributed by atoms with Crippen molar-refractivity contribution in [2.45, 2.75) is 77.9 Å². The van der Waals surface area contributed by atoms with Gasteiger partial charge < -0.3 is 9.80 Å². The Labute approximate surface area is 172 Å². The predicted molar refractivity (Wildman–Crippen MR) is 114 cm³/mol. The molecule has 28 heavy (non-hydrogen) atoms. The highest BCUT2D eigenvalue weighted by molar-refractivity contribution is 5.77. The Kier molecular flexibility index (Phi) is 6.06. The molecular weight excluding hydrogens is 348 g/mol. The molecule has 1 amide bonds. The summed E-state index contributed by atoms with van der Waals surface area (Å²) in [6, 6.07) is 1.74. The van der Waals surface area contributed by atoms with E-state index < -0.39 is 0 Å². The van der Waals surface area contributed by atoms with Crippen molar-refractivity contribution in [3.63, 3.8) is 0 Å². The zero-order chi connectivity index (χ0) is 19.9. The summed E-state index contributed by atoms with van der Waals surface area (Å²) in [5, 5.41) is 0. The summed E-state index contributed by atoms with van der Waals surface area (Å²) in [6.45, 7) is 18.3. The molecule has 4 aliphatic rings. The van der Waals surface area contributed by atoms with Crippen molar-refractivity contribution in [2.75, 3.05) is 52.4 Å². The Morgan fingerprint density at radius 2 is 1.68 bits per heavy atom. The summed E-state index contributed by atoms with van der Waals surface area (Å²) in [5.41, 5.74) is 0.353. The molecule has 3 aliphatic heterocycles. The summed E-state index contributed by atoms with van der Waals surface area (Å²) in [7, 11) is 0. The second-order valence-corrected chi connectivity index (χ2v) is 10.8. The van der Waals surface area contributed by atoms with Crippen molar-refractivity contribution in [1.82, 2.24) is 19.6 Å². The van der Waals surface area contributed by atoms with Gasteiger partial charge in [-0.25, -0.2) is 0 Å². The number of piperazine rings is 1. The highest BCUT2D eigenvalue weighted by Gasteiger charge is 2.45. The summed E-state index contributed by atoms with van der Waals surface area (Å²) < 4.78 is 0. The van der Waals surface area contributed by atoms with Crippen LogP contribution in [-0.4, -0.2) is 96.0 Å². The molecule has 4 rings (SSSR count). The van der Waals surface area contributed by atoms with E-state index in [1.165, 1.54) is 52.0 Å². The van der Waals surface area contributed by atoms with E-state index in [1.54, 1.807) is 0 Å². The number of hydrogen-bond acceptors (Lipinski definition) is 4. The van der Waals surface area contributed by atoms with Crippen molar-refractivity contribution < 1.29 is 4.79 Å². The fourth-order valence-corrected chi connectivity index (χ4v) is 5.70. The smallest absolute Gasteiger partial charge is 0.222 e. The number of carbonyl (C=O) groups is 1. The molecule has 3 saturated heterocycles. The Hall–Kier alpha value is -0.650. The fraction of sp³-hybridized carbons (Fsp3) is 0.957. The Bertz CT molecular complexity index is 561. The van der Waals surface area contributed by atoms with Crippen LogP contribution in [0.4, 0.5) is 0 Å². The fourth-order valence-electron chi connectivity index (χ4n) is 5.70. The number of nitrogens with zero attached hydrogens (tertiary/aromatic N) is 4. The number of amides is 1. The lowest BCUT2D eigenvalue weighted by Crippen LogP contribution is -2.60. The first-order valence-corrected chi connectivity index (χ1v) is 11.9. The van der Waals surface area contributed by atoms with Crippen LogP contribution in [0.3, 0.4) is 0 Å². The molecule has 0 aromatic heterocycles. The lowest BCUT2D eigenvalue weighted by molar-refractivity contribution is -0.139. The van der Waals surface area contributed by atoms with Crippen molar-refractivity contribution >= 4 is 5.91 Å². The first-order valence-electron chi connectivity index (χ1n) is 11.9. The van der Waals surface area contributed by atoms with Gasteiger partial charge in [-0.05, 0) is 65.8 Å². The molecule has 2 atom stereocenters. The number of hydrogen-bond donors (Lipinski definition) is 0. The van der Waals surface area contributed by atoms with E-state index in [0.717, 1.165) is 38.4 Å². The topological polar surface area (TPSA) is 30.0 Å². The van der Waals surface area contributed by atoms with Gasteiger partial charge in [-0.15, -0.1) is 0 Å². The minimum atomic E-state index is 0.353. The van der Waals surface area contributed by atoms with Crippen molar-refractivity contribution in [1.29, 1.82) is 0 Å². The summed E-state index contributed by atoms with van der Waals surface area (Å²) in [4.78, 5) is 23.1. The van der Waals surface area contributed by atoms with Gasteiger partial charge in [0, 0.05) is 75.8 Å². The molecule has 0 N–H and O–H groups in total. The quantitative estimate of drug-likeness (QED) is 0.697. The van der Waals surface area contributed by atoms with Crippen LogP contribution in [0.5, 0.6) is 0 Å². The van der Waals surface area contributed by atoms with E-state index in [9.17, 15) is 4.79 Å². The monoisotopic (exact) mass is 390 g/mol. The van der Waals surface area contributed by atoms with Crippen LogP contribution in [0, 0.1) is 11.3 Å². The Balaban J connectivity index is 1.42. The van der Waals surface area contributed by atoms with Crippen molar-refractivity contribution in [3.05, 3.63) is 0 Å². The van der Waals surface area contributed by atoms with Gasteiger partial charge in [0.1, 0.15) is 0 Å². The van der Waals surface area contributed by atoms with E-state index in [1.807, 2.05) is 0 Å². The zero-order valence-corrected chi connectivity index (χ0v) is 18.7. The Morgan fingerprint density at radius 1 is 0.929 bits per heavy atom. The number of piperidine rings is 1. The molecule has 0 bridgehead atoms. The Morgan fingerprint density at radius 3 is 2.32 bits per heavy atom. The van der Waals surface area contributed by atoms with Gasteiger partial charge in [0.15, 0.2) is 0 Å². The van der Waals surface area contributed by atoms with Crippen LogP contribution < -0.4 is 0 Å².